The Morgan fingerprint density at radius 2 is 1.64 bits per heavy atom. The van der Waals surface area contributed by atoms with Crippen molar-refractivity contribution in [3.63, 3.8) is 0 Å². The fourth-order valence-corrected chi connectivity index (χ4v) is 4.29. The minimum absolute atomic E-state index is 1.04. The molecule has 120 valence electrons. The van der Waals surface area contributed by atoms with E-state index in [1.54, 1.807) is 11.3 Å². The zero-order valence-electron chi connectivity index (χ0n) is 13.8. The van der Waals surface area contributed by atoms with Gasteiger partial charge in [-0.25, -0.2) is 4.98 Å². The van der Waals surface area contributed by atoms with E-state index in [2.05, 4.69) is 89.4 Å². The monoisotopic (exact) mass is 340 g/mol. The van der Waals surface area contributed by atoms with Gasteiger partial charge in [-0.2, -0.15) is 0 Å². The largest absolute Gasteiger partial charge is 0.344 e. The van der Waals surface area contributed by atoms with Crippen LogP contribution in [0.4, 0.5) is 0 Å². The molecule has 0 fully saturated rings. The van der Waals surface area contributed by atoms with Gasteiger partial charge in [-0.1, -0.05) is 42.5 Å². The Labute approximate surface area is 149 Å². The summed E-state index contributed by atoms with van der Waals surface area (Å²) in [7, 11) is 2.13. The number of aromatic nitrogens is 2. The molecule has 0 radical (unpaired) electrons. The van der Waals surface area contributed by atoms with Gasteiger partial charge in [-0.15, -0.1) is 11.3 Å². The van der Waals surface area contributed by atoms with Gasteiger partial charge in [0.2, 0.25) is 0 Å². The van der Waals surface area contributed by atoms with Gasteiger partial charge in [-0.05, 0) is 42.0 Å². The molecule has 0 aliphatic rings. The minimum Gasteiger partial charge on any atom is -0.344 e. The predicted molar refractivity (Wildman–Crippen MR) is 109 cm³/mol. The number of nitrogens with zero attached hydrogens (tertiary/aromatic N) is 2. The number of hydrogen-bond donors (Lipinski definition) is 0. The Hall–Kier alpha value is -2.91. The van der Waals surface area contributed by atoms with Crippen LogP contribution in [0.1, 0.15) is 10.6 Å². The summed E-state index contributed by atoms with van der Waals surface area (Å²) in [5, 5.41) is 3.64. The van der Waals surface area contributed by atoms with Crippen LogP contribution in [-0.2, 0) is 7.05 Å². The van der Waals surface area contributed by atoms with Crippen molar-refractivity contribution in [3.05, 3.63) is 77.3 Å². The third-order valence-electron chi connectivity index (χ3n) is 4.67. The lowest BCUT2D eigenvalue weighted by Gasteiger charge is -1.98. The molecule has 3 aromatic carbocycles. The third kappa shape index (κ3) is 2.36. The van der Waals surface area contributed by atoms with Crippen LogP contribution in [0, 0.1) is 0 Å². The summed E-state index contributed by atoms with van der Waals surface area (Å²) in [5.74, 6) is 0. The lowest BCUT2D eigenvalue weighted by atomic mass is 10.1. The van der Waals surface area contributed by atoms with E-state index in [0.29, 0.717) is 0 Å². The van der Waals surface area contributed by atoms with Gasteiger partial charge in [0, 0.05) is 28.9 Å². The van der Waals surface area contributed by atoms with Gasteiger partial charge in [0.1, 0.15) is 5.01 Å². The summed E-state index contributed by atoms with van der Waals surface area (Å²) in [5.41, 5.74) is 4.79. The molecule has 0 aliphatic heterocycles. The highest BCUT2D eigenvalue weighted by Gasteiger charge is 2.07. The molecule has 0 amide bonds. The fourth-order valence-electron chi connectivity index (χ4n) is 3.42. The highest BCUT2D eigenvalue weighted by molar-refractivity contribution is 7.19. The zero-order valence-corrected chi connectivity index (χ0v) is 14.6. The van der Waals surface area contributed by atoms with E-state index in [9.17, 15) is 0 Å². The number of rotatable bonds is 2. The molecule has 0 atom stereocenters. The third-order valence-corrected chi connectivity index (χ3v) is 5.67. The average Bonchev–Trinajstić information content (AvgIpc) is 3.20. The Morgan fingerprint density at radius 3 is 2.56 bits per heavy atom. The van der Waals surface area contributed by atoms with Crippen LogP contribution in [0.15, 0.2) is 66.7 Å². The topological polar surface area (TPSA) is 17.8 Å². The molecule has 5 aromatic rings. The van der Waals surface area contributed by atoms with Crippen molar-refractivity contribution in [3.8, 4) is 0 Å². The molecule has 2 aromatic heterocycles. The van der Waals surface area contributed by atoms with Gasteiger partial charge in [0.25, 0.3) is 0 Å². The average molecular weight is 340 g/mol. The molecular weight excluding hydrogens is 324 g/mol. The first kappa shape index (κ1) is 14.4. The van der Waals surface area contributed by atoms with Crippen LogP contribution in [0.3, 0.4) is 0 Å². The van der Waals surface area contributed by atoms with E-state index in [-0.39, 0.29) is 0 Å². The number of para-hydroxylation sites is 2. The molecule has 0 unspecified atom stereocenters. The molecule has 0 N–H and O–H groups in total. The van der Waals surface area contributed by atoms with Crippen molar-refractivity contribution in [2.24, 2.45) is 7.05 Å². The van der Waals surface area contributed by atoms with E-state index in [1.807, 2.05) is 6.07 Å². The lowest BCUT2D eigenvalue weighted by molar-refractivity contribution is 1.01. The summed E-state index contributed by atoms with van der Waals surface area (Å²) >= 11 is 1.72. The molecule has 0 saturated carbocycles. The summed E-state index contributed by atoms with van der Waals surface area (Å²) in [6.45, 7) is 0. The first-order valence-electron chi connectivity index (χ1n) is 8.30. The molecule has 0 bridgehead atoms. The highest BCUT2D eigenvalue weighted by Crippen LogP contribution is 2.29. The summed E-state index contributed by atoms with van der Waals surface area (Å²) in [6, 6.07) is 23.5. The maximum absolute atomic E-state index is 4.67. The number of thiazole rings is 1. The van der Waals surface area contributed by atoms with E-state index >= 15 is 0 Å². The van der Waals surface area contributed by atoms with Crippen molar-refractivity contribution < 1.29 is 0 Å². The summed E-state index contributed by atoms with van der Waals surface area (Å²) in [6.07, 6.45) is 4.26. The summed E-state index contributed by atoms with van der Waals surface area (Å²) in [4.78, 5) is 4.67. The van der Waals surface area contributed by atoms with Crippen LogP contribution >= 0.6 is 11.3 Å². The van der Waals surface area contributed by atoms with Crippen LogP contribution in [-0.4, -0.2) is 9.55 Å². The number of benzene rings is 3. The minimum atomic E-state index is 1.04. The van der Waals surface area contributed by atoms with Gasteiger partial charge in [0.15, 0.2) is 0 Å². The molecule has 0 saturated heterocycles. The number of fused-ring (bicyclic) bond motifs is 4. The van der Waals surface area contributed by atoms with Crippen molar-refractivity contribution in [2.75, 3.05) is 0 Å². The Kier molecular flexibility index (Phi) is 3.22. The number of hydrogen-bond acceptors (Lipinski definition) is 2. The van der Waals surface area contributed by atoms with Crippen molar-refractivity contribution in [1.82, 2.24) is 9.55 Å². The van der Waals surface area contributed by atoms with Crippen LogP contribution in [0.5, 0.6) is 0 Å². The molecule has 3 heteroatoms. The molecule has 2 heterocycles. The van der Waals surface area contributed by atoms with E-state index in [4.69, 9.17) is 0 Å². The SMILES string of the molecule is Cn1c2ccccc2c2cc(/C=C/c3nc4ccccc4s3)ccc21. The first-order chi connectivity index (χ1) is 12.3. The van der Waals surface area contributed by atoms with E-state index in [0.717, 1.165) is 10.5 Å². The second-order valence-corrected chi connectivity index (χ2v) is 7.27. The second kappa shape index (κ2) is 5.57. The van der Waals surface area contributed by atoms with Crippen molar-refractivity contribution in [2.45, 2.75) is 0 Å². The molecule has 5 rings (SSSR count). The van der Waals surface area contributed by atoms with Gasteiger partial charge >= 0.3 is 0 Å². The highest BCUT2D eigenvalue weighted by atomic mass is 32.1. The van der Waals surface area contributed by atoms with Crippen molar-refractivity contribution >= 4 is 55.5 Å². The maximum atomic E-state index is 4.67. The van der Waals surface area contributed by atoms with Crippen LogP contribution in [0.2, 0.25) is 0 Å². The van der Waals surface area contributed by atoms with Gasteiger partial charge in [0.05, 0.1) is 10.2 Å². The molecule has 2 nitrogen and oxygen atoms in total. The first-order valence-corrected chi connectivity index (χ1v) is 9.12. The van der Waals surface area contributed by atoms with Crippen LogP contribution in [0.25, 0.3) is 44.2 Å². The van der Waals surface area contributed by atoms with E-state index in [1.165, 1.54) is 32.1 Å². The van der Waals surface area contributed by atoms with Crippen molar-refractivity contribution in [1.29, 1.82) is 0 Å². The maximum Gasteiger partial charge on any atom is 0.117 e. The molecule has 0 aliphatic carbocycles. The van der Waals surface area contributed by atoms with Gasteiger partial charge in [-0.3, -0.25) is 0 Å². The van der Waals surface area contributed by atoms with E-state index < -0.39 is 0 Å². The Balaban J connectivity index is 1.59. The zero-order chi connectivity index (χ0) is 16.8. The molecular formula is C22H16N2S. The smallest absolute Gasteiger partial charge is 0.117 e. The normalized spacial score (nSPS) is 12.0. The standard InChI is InChI=1S/C22H16N2S/c1-24-19-8-4-2-6-16(19)17-14-15(10-12-20(17)24)11-13-22-23-18-7-3-5-9-21(18)25-22/h2-14H,1H3/b13-11+. The second-order valence-electron chi connectivity index (χ2n) is 6.21. The summed E-state index contributed by atoms with van der Waals surface area (Å²) < 4.78 is 3.48. The Bertz CT molecular complexity index is 1220. The lowest BCUT2D eigenvalue weighted by Crippen LogP contribution is -1.85. The predicted octanol–water partition coefficient (Wildman–Crippen LogP) is 6.11. The van der Waals surface area contributed by atoms with Gasteiger partial charge < -0.3 is 4.57 Å². The molecule has 25 heavy (non-hydrogen) atoms. The Morgan fingerprint density at radius 1 is 0.840 bits per heavy atom. The van der Waals surface area contributed by atoms with Crippen LogP contribution < -0.4 is 0 Å². The fraction of sp³-hybridized carbons (Fsp3) is 0.0455. The quantitative estimate of drug-likeness (QED) is 0.379. The number of aryl methyl sites for hydroxylation is 1. The molecule has 0 spiro atoms.